The molecule has 0 radical (unpaired) electrons. The first kappa shape index (κ1) is 21.2. The van der Waals surface area contributed by atoms with Gasteiger partial charge >= 0.3 is 0 Å². The predicted octanol–water partition coefficient (Wildman–Crippen LogP) is 4.45. The lowest BCUT2D eigenvalue weighted by molar-refractivity contribution is 0.0342. The molecule has 158 valence electrons. The van der Waals surface area contributed by atoms with Gasteiger partial charge in [-0.1, -0.05) is 30.3 Å². The van der Waals surface area contributed by atoms with Crippen molar-refractivity contribution in [2.45, 2.75) is 6.54 Å². The molecule has 0 spiro atoms. The van der Waals surface area contributed by atoms with Crippen molar-refractivity contribution in [3.05, 3.63) is 78.8 Å². The van der Waals surface area contributed by atoms with E-state index >= 15 is 0 Å². The molecule has 3 aromatic heterocycles. The van der Waals surface area contributed by atoms with Crippen LogP contribution >= 0.6 is 12.4 Å². The number of aromatic nitrogens is 4. The molecule has 1 N–H and O–H groups in total. The molecule has 1 aliphatic rings. The van der Waals surface area contributed by atoms with Gasteiger partial charge in [0.2, 0.25) is 0 Å². The Morgan fingerprint density at radius 1 is 0.871 bits per heavy atom. The van der Waals surface area contributed by atoms with Gasteiger partial charge in [-0.25, -0.2) is 0 Å². The molecule has 1 fully saturated rings. The van der Waals surface area contributed by atoms with E-state index in [0.717, 1.165) is 66.6 Å². The Balaban J connectivity index is 0.00000231. The first-order chi connectivity index (χ1) is 14.9. The number of pyridine rings is 2. The number of rotatable bonds is 5. The monoisotopic (exact) mass is 433 g/mol. The lowest BCUT2D eigenvalue weighted by atomic mass is 10.0. The molecule has 4 heterocycles. The largest absolute Gasteiger partial charge is 0.379 e. The molecule has 0 bridgehead atoms. The van der Waals surface area contributed by atoms with Gasteiger partial charge in [0.05, 0.1) is 24.6 Å². The predicted molar refractivity (Wildman–Crippen MR) is 124 cm³/mol. The SMILES string of the molecule is Cl.c1ccc(-c2n[nH]cc2-c2ccnc(-c3ccc(CN4CCOCC4)cc3)c2)nc1. The number of benzene rings is 1. The van der Waals surface area contributed by atoms with Crippen molar-refractivity contribution in [1.82, 2.24) is 25.1 Å². The topological polar surface area (TPSA) is 66.9 Å². The summed E-state index contributed by atoms with van der Waals surface area (Å²) >= 11 is 0. The van der Waals surface area contributed by atoms with Gasteiger partial charge < -0.3 is 4.74 Å². The number of morpholine rings is 1. The minimum atomic E-state index is 0. The highest BCUT2D eigenvalue weighted by atomic mass is 35.5. The minimum absolute atomic E-state index is 0. The van der Waals surface area contributed by atoms with E-state index in [9.17, 15) is 0 Å². The van der Waals surface area contributed by atoms with Crippen molar-refractivity contribution in [3.63, 3.8) is 0 Å². The highest BCUT2D eigenvalue weighted by molar-refractivity contribution is 5.85. The van der Waals surface area contributed by atoms with Crippen LogP contribution in [0, 0.1) is 0 Å². The number of aromatic amines is 1. The van der Waals surface area contributed by atoms with E-state index in [0.29, 0.717) is 0 Å². The number of H-pyrrole nitrogens is 1. The summed E-state index contributed by atoms with van der Waals surface area (Å²) in [4.78, 5) is 11.5. The van der Waals surface area contributed by atoms with Crippen LogP contribution in [0.15, 0.2) is 73.2 Å². The Morgan fingerprint density at radius 2 is 1.68 bits per heavy atom. The van der Waals surface area contributed by atoms with Crippen molar-refractivity contribution in [1.29, 1.82) is 0 Å². The number of ether oxygens (including phenoxy) is 1. The Hall–Kier alpha value is -3.06. The van der Waals surface area contributed by atoms with E-state index in [2.05, 4.69) is 55.4 Å². The summed E-state index contributed by atoms with van der Waals surface area (Å²) in [6.07, 6.45) is 5.54. The van der Waals surface area contributed by atoms with Gasteiger partial charge in [0, 0.05) is 49.4 Å². The van der Waals surface area contributed by atoms with Gasteiger partial charge in [0.15, 0.2) is 0 Å². The van der Waals surface area contributed by atoms with Crippen LogP contribution in [0.25, 0.3) is 33.8 Å². The van der Waals surface area contributed by atoms with Crippen LogP contribution in [0.2, 0.25) is 0 Å². The van der Waals surface area contributed by atoms with Crippen LogP contribution < -0.4 is 0 Å². The number of halogens is 1. The molecular weight excluding hydrogens is 410 g/mol. The third-order valence-corrected chi connectivity index (χ3v) is 5.38. The Kier molecular flexibility index (Phi) is 6.72. The lowest BCUT2D eigenvalue weighted by Gasteiger charge is -2.26. The van der Waals surface area contributed by atoms with E-state index in [1.807, 2.05) is 36.7 Å². The third-order valence-electron chi connectivity index (χ3n) is 5.38. The highest BCUT2D eigenvalue weighted by Gasteiger charge is 2.13. The maximum Gasteiger partial charge on any atom is 0.118 e. The van der Waals surface area contributed by atoms with Gasteiger partial charge in [-0.2, -0.15) is 5.10 Å². The Bertz CT molecular complexity index is 1110. The summed E-state index contributed by atoms with van der Waals surface area (Å²) in [7, 11) is 0. The molecule has 7 heteroatoms. The third kappa shape index (κ3) is 4.82. The van der Waals surface area contributed by atoms with E-state index < -0.39 is 0 Å². The summed E-state index contributed by atoms with van der Waals surface area (Å²) in [6, 6.07) is 18.6. The standard InChI is InChI=1S/C24H23N5O.ClH/c1-2-9-25-22(3-1)24-21(16-27-28-24)20-8-10-26-23(15-20)19-6-4-18(5-7-19)17-29-11-13-30-14-12-29;/h1-10,15-16H,11-14,17H2,(H,27,28);1H. The van der Waals surface area contributed by atoms with Crippen LogP contribution in [0.5, 0.6) is 0 Å². The van der Waals surface area contributed by atoms with Gasteiger partial charge in [0.1, 0.15) is 5.69 Å². The van der Waals surface area contributed by atoms with Crippen molar-refractivity contribution >= 4 is 12.4 Å². The molecule has 1 aliphatic heterocycles. The zero-order valence-corrected chi connectivity index (χ0v) is 17.9. The molecule has 0 aliphatic carbocycles. The zero-order chi connectivity index (χ0) is 20.2. The van der Waals surface area contributed by atoms with Crippen molar-refractivity contribution < 1.29 is 4.74 Å². The van der Waals surface area contributed by atoms with Gasteiger partial charge in [-0.3, -0.25) is 20.0 Å². The second-order valence-electron chi connectivity index (χ2n) is 7.38. The van der Waals surface area contributed by atoms with Gasteiger partial charge in [-0.15, -0.1) is 12.4 Å². The Labute approximate surface area is 187 Å². The van der Waals surface area contributed by atoms with Gasteiger partial charge in [-0.05, 0) is 35.4 Å². The Morgan fingerprint density at radius 3 is 2.45 bits per heavy atom. The summed E-state index contributed by atoms with van der Waals surface area (Å²) < 4.78 is 5.43. The maximum atomic E-state index is 5.43. The normalized spacial score (nSPS) is 14.2. The maximum absolute atomic E-state index is 5.43. The molecule has 4 aromatic rings. The molecule has 1 saturated heterocycles. The number of hydrogen-bond donors (Lipinski definition) is 1. The van der Waals surface area contributed by atoms with Crippen LogP contribution in [0.3, 0.4) is 0 Å². The molecule has 5 rings (SSSR count). The van der Waals surface area contributed by atoms with E-state index in [4.69, 9.17) is 4.74 Å². The average molecular weight is 434 g/mol. The summed E-state index contributed by atoms with van der Waals surface area (Å²) in [5.74, 6) is 0. The van der Waals surface area contributed by atoms with Crippen molar-refractivity contribution in [2.24, 2.45) is 0 Å². The fourth-order valence-electron chi connectivity index (χ4n) is 3.76. The minimum Gasteiger partial charge on any atom is -0.379 e. The number of nitrogens with zero attached hydrogens (tertiary/aromatic N) is 4. The zero-order valence-electron chi connectivity index (χ0n) is 17.1. The molecule has 0 unspecified atom stereocenters. The van der Waals surface area contributed by atoms with Crippen LogP contribution in [-0.4, -0.2) is 51.4 Å². The molecule has 0 saturated carbocycles. The van der Waals surface area contributed by atoms with Crippen LogP contribution in [-0.2, 0) is 11.3 Å². The fourth-order valence-corrected chi connectivity index (χ4v) is 3.76. The second kappa shape index (κ2) is 9.83. The molecule has 0 amide bonds. The van der Waals surface area contributed by atoms with E-state index in [1.54, 1.807) is 6.20 Å². The van der Waals surface area contributed by atoms with Crippen molar-refractivity contribution in [3.8, 4) is 33.8 Å². The molecular formula is C24H24ClN5O. The van der Waals surface area contributed by atoms with E-state index in [1.165, 1.54) is 5.56 Å². The van der Waals surface area contributed by atoms with E-state index in [-0.39, 0.29) is 12.4 Å². The lowest BCUT2D eigenvalue weighted by Crippen LogP contribution is -2.35. The molecule has 6 nitrogen and oxygen atoms in total. The highest BCUT2D eigenvalue weighted by Crippen LogP contribution is 2.31. The molecule has 1 aromatic carbocycles. The fraction of sp³-hybridized carbons (Fsp3) is 0.208. The quantitative estimate of drug-likeness (QED) is 0.503. The van der Waals surface area contributed by atoms with Crippen LogP contribution in [0.4, 0.5) is 0 Å². The number of nitrogens with one attached hydrogen (secondary N) is 1. The average Bonchev–Trinajstić information content (AvgIpc) is 3.31. The second-order valence-corrected chi connectivity index (χ2v) is 7.38. The first-order valence-electron chi connectivity index (χ1n) is 10.2. The van der Waals surface area contributed by atoms with Crippen molar-refractivity contribution in [2.75, 3.05) is 26.3 Å². The molecule has 0 atom stereocenters. The van der Waals surface area contributed by atoms with Crippen LogP contribution in [0.1, 0.15) is 5.56 Å². The first-order valence-corrected chi connectivity index (χ1v) is 10.2. The molecule has 31 heavy (non-hydrogen) atoms. The summed E-state index contributed by atoms with van der Waals surface area (Å²) in [5.41, 5.74) is 7.12. The number of hydrogen-bond acceptors (Lipinski definition) is 5. The van der Waals surface area contributed by atoms with Gasteiger partial charge in [0.25, 0.3) is 0 Å². The summed E-state index contributed by atoms with van der Waals surface area (Å²) in [5, 5.41) is 7.39. The summed E-state index contributed by atoms with van der Waals surface area (Å²) in [6.45, 7) is 4.59. The smallest absolute Gasteiger partial charge is 0.118 e.